The highest BCUT2D eigenvalue weighted by Crippen LogP contribution is 2.22. The van der Waals surface area contributed by atoms with Crippen LogP contribution in [0.15, 0.2) is 12.7 Å². The van der Waals surface area contributed by atoms with Gasteiger partial charge in [-0.25, -0.2) is 8.78 Å². The van der Waals surface area contributed by atoms with Crippen LogP contribution in [0.25, 0.3) is 0 Å². The maximum atomic E-state index is 12.3. The summed E-state index contributed by atoms with van der Waals surface area (Å²) in [6.45, 7) is 3.36. The Labute approximate surface area is 89.1 Å². The first-order valence-electron chi connectivity index (χ1n) is 4.05. The lowest BCUT2D eigenvalue weighted by molar-refractivity contribution is -0.169. The Hall–Kier alpha value is -0.720. The number of hydrogen-bond donors (Lipinski definition) is 1. The summed E-state index contributed by atoms with van der Waals surface area (Å²) in [5.74, 6) is -5.56. The van der Waals surface area contributed by atoms with Crippen LogP contribution < -0.4 is 5.32 Å². The van der Waals surface area contributed by atoms with Gasteiger partial charge in [0.1, 0.15) is 0 Å². The smallest absolute Gasteiger partial charge is 0.350 e. The Bertz CT molecular complexity index is 223. The van der Waals surface area contributed by atoms with E-state index in [0.29, 0.717) is 11.5 Å². The van der Waals surface area contributed by atoms with Crippen molar-refractivity contribution < 1.29 is 22.4 Å². The third-order valence-electron chi connectivity index (χ3n) is 1.34. The van der Waals surface area contributed by atoms with Crippen molar-refractivity contribution in [2.45, 2.75) is 12.3 Å². The third-order valence-corrected chi connectivity index (χ3v) is 2.31. The van der Waals surface area contributed by atoms with Gasteiger partial charge >= 0.3 is 12.3 Å². The second-order valence-electron chi connectivity index (χ2n) is 2.54. The van der Waals surface area contributed by atoms with Crippen molar-refractivity contribution in [1.29, 1.82) is 0 Å². The lowest BCUT2D eigenvalue weighted by Gasteiger charge is -2.14. The van der Waals surface area contributed by atoms with Crippen molar-refractivity contribution in [3.63, 3.8) is 0 Å². The van der Waals surface area contributed by atoms with Crippen molar-refractivity contribution in [1.82, 2.24) is 5.32 Å². The number of hydrogen-bond acceptors (Lipinski definition) is 2. The van der Waals surface area contributed by atoms with Gasteiger partial charge in [-0.05, 0) is 0 Å². The minimum absolute atomic E-state index is 0.0698. The molecular formula is C8H11F4NOS. The number of nitrogens with one attached hydrogen (secondary N) is 1. The fourth-order valence-corrected chi connectivity index (χ4v) is 1.20. The van der Waals surface area contributed by atoms with Crippen LogP contribution in [0.4, 0.5) is 17.6 Å². The van der Waals surface area contributed by atoms with Crippen molar-refractivity contribution >= 4 is 17.7 Å². The Morgan fingerprint density at radius 2 is 2.13 bits per heavy atom. The molecule has 0 fully saturated rings. The molecule has 88 valence electrons. The summed E-state index contributed by atoms with van der Waals surface area (Å²) < 4.78 is 48.0. The number of carbonyl (C=O) groups excluding carboxylic acids is 1. The molecule has 0 aromatic heterocycles. The molecule has 0 aromatic carbocycles. The van der Waals surface area contributed by atoms with Gasteiger partial charge < -0.3 is 5.32 Å². The van der Waals surface area contributed by atoms with Gasteiger partial charge in [0.05, 0.1) is 0 Å². The van der Waals surface area contributed by atoms with E-state index in [0.717, 1.165) is 0 Å². The van der Waals surface area contributed by atoms with Crippen LogP contribution in [-0.2, 0) is 4.79 Å². The Kier molecular flexibility index (Phi) is 6.38. The topological polar surface area (TPSA) is 29.1 Å². The average Bonchev–Trinajstić information content (AvgIpc) is 2.16. The fourth-order valence-electron chi connectivity index (χ4n) is 0.620. The fraction of sp³-hybridized carbons (Fsp3) is 0.625. The highest BCUT2D eigenvalue weighted by molar-refractivity contribution is 7.99. The predicted molar refractivity (Wildman–Crippen MR) is 51.5 cm³/mol. The van der Waals surface area contributed by atoms with Gasteiger partial charge in [-0.3, -0.25) is 4.79 Å². The van der Waals surface area contributed by atoms with Crippen molar-refractivity contribution in [3.05, 3.63) is 12.7 Å². The quantitative estimate of drug-likeness (QED) is 0.422. The molecule has 0 saturated carbocycles. The first-order chi connectivity index (χ1) is 6.92. The van der Waals surface area contributed by atoms with Gasteiger partial charge in [0, 0.05) is 18.1 Å². The van der Waals surface area contributed by atoms with Crippen LogP contribution in [0.3, 0.4) is 0 Å². The van der Waals surface area contributed by atoms with Gasteiger partial charge in [0.2, 0.25) is 0 Å². The van der Waals surface area contributed by atoms with Gasteiger partial charge in [0.15, 0.2) is 0 Å². The molecule has 15 heavy (non-hydrogen) atoms. The summed E-state index contributed by atoms with van der Waals surface area (Å²) in [6, 6.07) is 0. The van der Waals surface area contributed by atoms with E-state index in [9.17, 15) is 22.4 Å². The molecule has 0 aliphatic carbocycles. The van der Waals surface area contributed by atoms with E-state index in [1.807, 2.05) is 0 Å². The van der Waals surface area contributed by atoms with Crippen LogP contribution in [0.1, 0.15) is 0 Å². The molecule has 0 aliphatic rings. The van der Waals surface area contributed by atoms with Crippen molar-refractivity contribution in [2.24, 2.45) is 0 Å². The van der Waals surface area contributed by atoms with Crippen LogP contribution in [0.5, 0.6) is 0 Å². The molecular weight excluding hydrogens is 234 g/mol. The summed E-state index contributed by atoms with van der Waals surface area (Å²) in [5, 5.41) is 1.74. The normalized spacial score (nSPS) is 11.5. The minimum atomic E-state index is -4.61. The summed E-state index contributed by atoms with van der Waals surface area (Å²) in [7, 11) is 0. The number of carbonyl (C=O) groups is 1. The second-order valence-corrected chi connectivity index (χ2v) is 3.69. The highest BCUT2D eigenvalue weighted by Gasteiger charge is 2.48. The highest BCUT2D eigenvalue weighted by atomic mass is 32.2. The van der Waals surface area contributed by atoms with E-state index in [2.05, 4.69) is 6.58 Å². The standard InChI is InChI=1S/C8H11F4NOS/c1-2-4-15-5-3-13-7(14)8(11,12)6(9)10/h2,6H,1,3-5H2,(H,13,14). The van der Waals surface area contributed by atoms with E-state index in [1.165, 1.54) is 11.8 Å². The molecule has 7 heteroatoms. The molecule has 0 heterocycles. The molecule has 2 nitrogen and oxygen atoms in total. The summed E-state index contributed by atoms with van der Waals surface area (Å²) in [5.41, 5.74) is 0. The molecule has 0 radical (unpaired) electrons. The van der Waals surface area contributed by atoms with Crippen LogP contribution in [-0.4, -0.2) is 36.3 Å². The number of rotatable bonds is 7. The van der Waals surface area contributed by atoms with Gasteiger partial charge in [-0.1, -0.05) is 6.08 Å². The lowest BCUT2D eigenvalue weighted by Crippen LogP contribution is -2.45. The molecule has 0 unspecified atom stereocenters. The number of halogens is 4. The second kappa shape index (κ2) is 6.71. The maximum Gasteiger partial charge on any atom is 0.383 e. The third kappa shape index (κ3) is 5.06. The van der Waals surface area contributed by atoms with Gasteiger partial charge in [-0.15, -0.1) is 6.58 Å². The lowest BCUT2D eigenvalue weighted by atomic mass is 10.3. The molecule has 0 aromatic rings. The van der Waals surface area contributed by atoms with E-state index in [4.69, 9.17) is 0 Å². The van der Waals surface area contributed by atoms with E-state index < -0.39 is 18.3 Å². The molecule has 1 N–H and O–H groups in total. The van der Waals surface area contributed by atoms with Crippen molar-refractivity contribution in [3.8, 4) is 0 Å². The molecule has 0 saturated heterocycles. The Balaban J connectivity index is 3.79. The molecule has 0 aliphatic heterocycles. The average molecular weight is 245 g/mol. The van der Waals surface area contributed by atoms with Gasteiger partial charge in [0.25, 0.3) is 5.91 Å². The van der Waals surface area contributed by atoms with E-state index in [-0.39, 0.29) is 6.54 Å². The van der Waals surface area contributed by atoms with E-state index in [1.54, 1.807) is 11.4 Å². The molecule has 1 amide bonds. The Morgan fingerprint density at radius 3 is 2.60 bits per heavy atom. The predicted octanol–water partition coefficient (Wildman–Crippen LogP) is 1.92. The Morgan fingerprint density at radius 1 is 1.53 bits per heavy atom. The summed E-state index contributed by atoms with van der Waals surface area (Å²) in [6.07, 6.45) is -2.36. The monoisotopic (exact) mass is 245 g/mol. The number of alkyl halides is 4. The molecule has 0 rings (SSSR count). The number of amides is 1. The maximum absolute atomic E-state index is 12.3. The van der Waals surface area contributed by atoms with Crippen LogP contribution >= 0.6 is 11.8 Å². The van der Waals surface area contributed by atoms with Crippen LogP contribution in [0.2, 0.25) is 0 Å². The zero-order valence-corrected chi connectivity index (χ0v) is 8.63. The first-order valence-corrected chi connectivity index (χ1v) is 5.21. The summed E-state index contributed by atoms with van der Waals surface area (Å²) >= 11 is 1.35. The molecule has 0 atom stereocenters. The minimum Gasteiger partial charge on any atom is -0.350 e. The zero-order chi connectivity index (χ0) is 11.9. The SMILES string of the molecule is C=CCSCCNC(=O)C(F)(F)C(F)F. The molecule has 0 bridgehead atoms. The zero-order valence-electron chi connectivity index (χ0n) is 7.81. The van der Waals surface area contributed by atoms with Crippen LogP contribution in [0, 0.1) is 0 Å². The largest absolute Gasteiger partial charge is 0.383 e. The van der Waals surface area contributed by atoms with Crippen molar-refractivity contribution in [2.75, 3.05) is 18.1 Å². The molecule has 0 spiro atoms. The van der Waals surface area contributed by atoms with Gasteiger partial charge in [-0.2, -0.15) is 20.5 Å². The summed E-state index contributed by atoms with van der Waals surface area (Å²) in [4.78, 5) is 10.6. The van der Waals surface area contributed by atoms with E-state index >= 15 is 0 Å². The number of thioether (sulfide) groups is 1. The first kappa shape index (κ1) is 14.3.